The lowest BCUT2D eigenvalue weighted by molar-refractivity contribution is -0.142. The molecule has 4 rings (SSSR count). The standard InChI is InChI=1S/C19H20F3N5O2/c1-3-12-9-16(19(20,21)22)27-17(23-12)10-13(24-27)14-6-4-5-7-26(14)18(28)15-8-11(2)25-29-15/h8-10,14H,3-7H2,1-2H3. The Labute approximate surface area is 164 Å². The third-order valence-electron chi connectivity index (χ3n) is 5.10. The number of fused-ring (bicyclic) bond motifs is 1. The lowest BCUT2D eigenvalue weighted by Gasteiger charge is -2.33. The molecule has 0 N–H and O–H groups in total. The number of hydrogen-bond acceptors (Lipinski definition) is 5. The molecule has 10 heteroatoms. The van der Waals surface area contributed by atoms with Crippen molar-refractivity contribution in [2.45, 2.75) is 51.7 Å². The molecule has 3 aromatic heterocycles. The molecule has 1 unspecified atom stereocenters. The van der Waals surface area contributed by atoms with E-state index < -0.39 is 17.9 Å². The third-order valence-corrected chi connectivity index (χ3v) is 5.10. The van der Waals surface area contributed by atoms with E-state index in [0.717, 1.165) is 23.4 Å². The smallest absolute Gasteiger partial charge is 0.351 e. The summed E-state index contributed by atoms with van der Waals surface area (Å²) in [6, 6.07) is 3.66. The van der Waals surface area contributed by atoms with Gasteiger partial charge in [0.05, 0.1) is 17.4 Å². The number of hydrogen-bond donors (Lipinski definition) is 0. The highest BCUT2D eigenvalue weighted by atomic mass is 19.4. The molecule has 0 aliphatic carbocycles. The van der Waals surface area contributed by atoms with Crippen molar-refractivity contribution in [1.82, 2.24) is 24.7 Å². The number of amides is 1. The number of likely N-dealkylation sites (tertiary alicyclic amines) is 1. The van der Waals surface area contributed by atoms with Gasteiger partial charge in [-0.2, -0.15) is 18.3 Å². The summed E-state index contributed by atoms with van der Waals surface area (Å²) in [7, 11) is 0. The van der Waals surface area contributed by atoms with Crippen molar-refractivity contribution >= 4 is 11.6 Å². The summed E-state index contributed by atoms with van der Waals surface area (Å²) >= 11 is 0. The van der Waals surface area contributed by atoms with E-state index in [-0.39, 0.29) is 17.3 Å². The van der Waals surface area contributed by atoms with Crippen LogP contribution in [-0.4, -0.2) is 37.1 Å². The predicted molar refractivity (Wildman–Crippen MR) is 96.2 cm³/mol. The zero-order valence-electron chi connectivity index (χ0n) is 16.0. The maximum Gasteiger partial charge on any atom is 0.433 e. The van der Waals surface area contributed by atoms with Crippen molar-refractivity contribution in [3.63, 3.8) is 0 Å². The fraction of sp³-hybridized carbons (Fsp3) is 0.474. The minimum absolute atomic E-state index is 0.112. The van der Waals surface area contributed by atoms with E-state index in [0.29, 0.717) is 36.5 Å². The van der Waals surface area contributed by atoms with Gasteiger partial charge in [0.2, 0.25) is 5.76 Å². The number of rotatable bonds is 3. The van der Waals surface area contributed by atoms with E-state index in [1.807, 2.05) is 0 Å². The van der Waals surface area contributed by atoms with E-state index in [9.17, 15) is 18.0 Å². The van der Waals surface area contributed by atoms with Gasteiger partial charge in [-0.05, 0) is 38.7 Å². The maximum absolute atomic E-state index is 13.5. The second-order valence-corrected chi connectivity index (χ2v) is 7.17. The summed E-state index contributed by atoms with van der Waals surface area (Å²) in [5, 5.41) is 7.95. The van der Waals surface area contributed by atoms with E-state index in [1.54, 1.807) is 24.8 Å². The highest BCUT2D eigenvalue weighted by Gasteiger charge is 2.37. The molecule has 29 heavy (non-hydrogen) atoms. The van der Waals surface area contributed by atoms with Crippen LogP contribution in [0.15, 0.2) is 22.7 Å². The molecule has 1 amide bonds. The van der Waals surface area contributed by atoms with Crippen LogP contribution in [0.25, 0.3) is 5.65 Å². The van der Waals surface area contributed by atoms with E-state index in [2.05, 4.69) is 15.2 Å². The number of carbonyl (C=O) groups is 1. The van der Waals surface area contributed by atoms with Crippen LogP contribution in [-0.2, 0) is 12.6 Å². The summed E-state index contributed by atoms with van der Waals surface area (Å²) in [4.78, 5) is 18.8. The number of halogens is 3. The summed E-state index contributed by atoms with van der Waals surface area (Å²) in [6.45, 7) is 3.93. The second kappa shape index (κ2) is 7.16. The fourth-order valence-electron chi connectivity index (χ4n) is 3.68. The molecular formula is C19H20F3N5O2. The van der Waals surface area contributed by atoms with Gasteiger partial charge in [-0.15, -0.1) is 0 Å². The molecule has 0 saturated carbocycles. The summed E-state index contributed by atoms with van der Waals surface area (Å²) in [6.07, 6.45) is -1.94. The topological polar surface area (TPSA) is 76.5 Å². The van der Waals surface area contributed by atoms with E-state index in [1.165, 1.54) is 6.07 Å². The van der Waals surface area contributed by atoms with Gasteiger partial charge in [0, 0.05) is 24.4 Å². The molecule has 0 spiro atoms. The molecular weight excluding hydrogens is 387 g/mol. The van der Waals surface area contributed by atoms with Crippen molar-refractivity contribution in [3.8, 4) is 0 Å². The molecule has 1 fully saturated rings. The lowest BCUT2D eigenvalue weighted by atomic mass is 9.99. The van der Waals surface area contributed by atoms with Gasteiger partial charge in [-0.25, -0.2) is 9.50 Å². The average Bonchev–Trinajstić information content (AvgIpc) is 3.31. The largest absolute Gasteiger partial charge is 0.433 e. The zero-order valence-corrected chi connectivity index (χ0v) is 16.0. The first-order chi connectivity index (χ1) is 13.8. The molecule has 154 valence electrons. The van der Waals surface area contributed by atoms with Crippen LogP contribution in [0.4, 0.5) is 13.2 Å². The Morgan fingerprint density at radius 1 is 1.28 bits per heavy atom. The number of aryl methyl sites for hydroxylation is 2. The third kappa shape index (κ3) is 3.58. The van der Waals surface area contributed by atoms with Crippen molar-refractivity contribution < 1.29 is 22.5 Å². The average molecular weight is 407 g/mol. The van der Waals surface area contributed by atoms with Gasteiger partial charge in [0.1, 0.15) is 5.69 Å². The summed E-state index contributed by atoms with van der Waals surface area (Å²) in [5.41, 5.74) is 0.566. The highest BCUT2D eigenvalue weighted by molar-refractivity contribution is 5.91. The van der Waals surface area contributed by atoms with Gasteiger partial charge < -0.3 is 9.42 Å². The van der Waals surface area contributed by atoms with Crippen LogP contribution in [0.5, 0.6) is 0 Å². The lowest BCUT2D eigenvalue weighted by Crippen LogP contribution is -2.38. The van der Waals surface area contributed by atoms with Crippen molar-refractivity contribution in [2.75, 3.05) is 6.54 Å². The number of aromatic nitrogens is 4. The number of carbonyl (C=O) groups excluding carboxylic acids is 1. The van der Waals surface area contributed by atoms with Gasteiger partial charge in [-0.1, -0.05) is 12.1 Å². The summed E-state index contributed by atoms with van der Waals surface area (Å²) < 4.78 is 46.5. The van der Waals surface area contributed by atoms with E-state index in [4.69, 9.17) is 4.52 Å². The molecule has 1 saturated heterocycles. The Bertz CT molecular complexity index is 1060. The summed E-state index contributed by atoms with van der Waals surface area (Å²) in [5.74, 6) is -0.230. The predicted octanol–water partition coefficient (Wildman–Crippen LogP) is 3.97. The Hall–Kier alpha value is -2.91. The van der Waals surface area contributed by atoms with Crippen LogP contribution in [0.2, 0.25) is 0 Å². The SMILES string of the molecule is CCc1cc(C(F)(F)F)n2nc(C3CCCCN3C(=O)c3cc(C)no3)cc2n1. The first-order valence-electron chi connectivity index (χ1n) is 9.49. The first-order valence-corrected chi connectivity index (χ1v) is 9.49. The Morgan fingerprint density at radius 2 is 2.07 bits per heavy atom. The number of alkyl halides is 3. The van der Waals surface area contributed by atoms with Gasteiger partial charge >= 0.3 is 6.18 Å². The molecule has 1 atom stereocenters. The normalized spacial score (nSPS) is 17.8. The van der Waals surface area contributed by atoms with Crippen molar-refractivity contribution in [3.05, 3.63) is 46.7 Å². The van der Waals surface area contributed by atoms with Crippen LogP contribution in [0.3, 0.4) is 0 Å². The van der Waals surface area contributed by atoms with E-state index >= 15 is 0 Å². The Kier molecular flexibility index (Phi) is 4.79. The van der Waals surface area contributed by atoms with Crippen LogP contribution < -0.4 is 0 Å². The molecule has 7 nitrogen and oxygen atoms in total. The Morgan fingerprint density at radius 3 is 2.72 bits per heavy atom. The van der Waals surface area contributed by atoms with Crippen molar-refractivity contribution in [1.29, 1.82) is 0 Å². The molecule has 0 radical (unpaired) electrons. The zero-order chi connectivity index (χ0) is 20.8. The first kappa shape index (κ1) is 19.4. The number of nitrogens with zero attached hydrogens (tertiary/aromatic N) is 5. The van der Waals surface area contributed by atoms with Gasteiger partial charge in [0.15, 0.2) is 5.65 Å². The van der Waals surface area contributed by atoms with Gasteiger partial charge in [0.25, 0.3) is 5.91 Å². The van der Waals surface area contributed by atoms with Crippen LogP contribution in [0.1, 0.15) is 65.6 Å². The van der Waals surface area contributed by atoms with Crippen LogP contribution in [0, 0.1) is 6.92 Å². The molecule has 0 bridgehead atoms. The Balaban J connectivity index is 1.76. The number of piperidine rings is 1. The fourth-order valence-corrected chi connectivity index (χ4v) is 3.68. The monoisotopic (exact) mass is 407 g/mol. The maximum atomic E-state index is 13.5. The molecule has 1 aliphatic heterocycles. The quantitative estimate of drug-likeness (QED) is 0.657. The second-order valence-electron chi connectivity index (χ2n) is 7.17. The van der Waals surface area contributed by atoms with Crippen molar-refractivity contribution in [2.24, 2.45) is 0 Å². The molecule has 0 aromatic carbocycles. The highest BCUT2D eigenvalue weighted by Crippen LogP contribution is 2.34. The minimum atomic E-state index is -4.56. The van der Waals surface area contributed by atoms with Crippen LogP contribution >= 0.6 is 0 Å². The molecule has 3 aromatic rings. The van der Waals surface area contributed by atoms with Gasteiger partial charge in [-0.3, -0.25) is 4.79 Å². The molecule has 4 heterocycles. The minimum Gasteiger partial charge on any atom is -0.351 e. The molecule has 1 aliphatic rings.